The largest absolute Gasteiger partial charge is 0.469 e. The van der Waals surface area contributed by atoms with E-state index in [1.807, 2.05) is 0 Å². The number of furan rings is 1. The fraction of sp³-hybridized carbons (Fsp3) is 0.353. The number of non-ortho nitro benzene ring substituents is 1. The van der Waals surface area contributed by atoms with Gasteiger partial charge >= 0.3 is 0 Å². The highest BCUT2D eigenvalue weighted by atomic mass is 32.2. The van der Waals surface area contributed by atoms with Crippen LogP contribution in [-0.2, 0) is 10.0 Å². The van der Waals surface area contributed by atoms with E-state index in [9.17, 15) is 23.3 Å². The quantitative estimate of drug-likeness (QED) is 0.579. The standard InChI is InChI=1S/C17H19N3O6S/c1-12-3-4-14(20(22)23)11-16(12)27(24,25)19-8-6-18(7-9-19)17(21)15-5-10-26-13(15)2/h3-5,10-11H,6-9H2,1-2H3. The predicted molar refractivity (Wildman–Crippen MR) is 95.9 cm³/mol. The van der Waals surface area contributed by atoms with Crippen LogP contribution in [-0.4, -0.2) is 54.6 Å². The first-order chi connectivity index (χ1) is 12.7. The number of nitrogens with zero attached hydrogens (tertiary/aromatic N) is 3. The van der Waals surface area contributed by atoms with Gasteiger partial charge in [0.25, 0.3) is 11.6 Å². The molecule has 0 saturated carbocycles. The van der Waals surface area contributed by atoms with Crippen molar-refractivity contribution in [3.05, 3.63) is 57.5 Å². The van der Waals surface area contributed by atoms with E-state index in [0.29, 0.717) is 16.9 Å². The average molecular weight is 393 g/mol. The summed E-state index contributed by atoms with van der Waals surface area (Å²) in [5.74, 6) is 0.312. The van der Waals surface area contributed by atoms with Crippen molar-refractivity contribution < 1.29 is 22.6 Å². The van der Waals surface area contributed by atoms with Gasteiger partial charge in [-0.3, -0.25) is 14.9 Å². The number of nitro benzene ring substituents is 1. The Morgan fingerprint density at radius 2 is 1.81 bits per heavy atom. The van der Waals surface area contributed by atoms with E-state index in [-0.39, 0.29) is 42.7 Å². The molecule has 0 aliphatic carbocycles. The molecular weight excluding hydrogens is 374 g/mol. The third-order valence-corrected chi connectivity index (χ3v) is 6.66. The molecule has 10 heteroatoms. The highest BCUT2D eigenvalue weighted by molar-refractivity contribution is 7.89. The number of hydrogen-bond donors (Lipinski definition) is 0. The second kappa shape index (κ2) is 7.12. The summed E-state index contributed by atoms with van der Waals surface area (Å²) in [6.07, 6.45) is 1.44. The number of rotatable bonds is 4. The third kappa shape index (κ3) is 3.58. The number of sulfonamides is 1. The Bertz CT molecular complexity index is 990. The van der Waals surface area contributed by atoms with E-state index in [0.717, 1.165) is 6.07 Å². The second-order valence-corrected chi connectivity index (χ2v) is 8.20. The molecule has 1 aromatic carbocycles. The lowest BCUT2D eigenvalue weighted by Gasteiger charge is -2.34. The number of carbonyl (C=O) groups is 1. The van der Waals surface area contributed by atoms with Crippen LogP contribution >= 0.6 is 0 Å². The fourth-order valence-corrected chi connectivity index (χ4v) is 4.69. The first-order valence-electron chi connectivity index (χ1n) is 8.30. The van der Waals surface area contributed by atoms with Gasteiger partial charge in [0.2, 0.25) is 10.0 Å². The Morgan fingerprint density at radius 1 is 1.15 bits per heavy atom. The predicted octanol–water partition coefficient (Wildman–Crippen LogP) is 1.95. The average Bonchev–Trinajstić information content (AvgIpc) is 3.07. The van der Waals surface area contributed by atoms with E-state index < -0.39 is 14.9 Å². The van der Waals surface area contributed by atoms with Crippen molar-refractivity contribution in [1.29, 1.82) is 0 Å². The zero-order chi connectivity index (χ0) is 19.8. The first-order valence-corrected chi connectivity index (χ1v) is 9.74. The van der Waals surface area contributed by atoms with Gasteiger partial charge < -0.3 is 9.32 Å². The molecule has 0 radical (unpaired) electrons. The van der Waals surface area contributed by atoms with Crippen LogP contribution in [0.4, 0.5) is 5.69 Å². The molecule has 144 valence electrons. The maximum Gasteiger partial charge on any atom is 0.270 e. The SMILES string of the molecule is Cc1ccc([N+](=O)[O-])cc1S(=O)(=O)N1CCN(C(=O)c2ccoc2C)CC1. The number of benzene rings is 1. The van der Waals surface area contributed by atoms with Crippen molar-refractivity contribution in [3.63, 3.8) is 0 Å². The van der Waals surface area contributed by atoms with Crippen LogP contribution in [0.5, 0.6) is 0 Å². The van der Waals surface area contributed by atoms with Crippen LogP contribution in [0.25, 0.3) is 0 Å². The molecule has 1 saturated heterocycles. The maximum absolute atomic E-state index is 12.9. The summed E-state index contributed by atoms with van der Waals surface area (Å²) >= 11 is 0. The van der Waals surface area contributed by atoms with Crippen molar-refractivity contribution in [1.82, 2.24) is 9.21 Å². The van der Waals surface area contributed by atoms with Crippen molar-refractivity contribution in [2.24, 2.45) is 0 Å². The number of aryl methyl sites for hydroxylation is 2. The van der Waals surface area contributed by atoms with Crippen LogP contribution in [0.15, 0.2) is 39.8 Å². The molecule has 27 heavy (non-hydrogen) atoms. The molecule has 1 fully saturated rings. The molecule has 1 aromatic heterocycles. The van der Waals surface area contributed by atoms with E-state index in [1.165, 1.54) is 22.7 Å². The summed E-state index contributed by atoms with van der Waals surface area (Å²) in [4.78, 5) is 24.3. The van der Waals surface area contributed by atoms with Gasteiger partial charge in [-0.2, -0.15) is 4.31 Å². The van der Waals surface area contributed by atoms with E-state index in [2.05, 4.69) is 0 Å². The molecular formula is C17H19N3O6S. The van der Waals surface area contributed by atoms with Crippen LogP contribution in [0.1, 0.15) is 21.7 Å². The Hall–Kier alpha value is -2.72. The molecule has 0 N–H and O–H groups in total. The normalized spacial score (nSPS) is 15.7. The summed E-state index contributed by atoms with van der Waals surface area (Å²) in [6, 6.07) is 5.37. The van der Waals surface area contributed by atoms with E-state index >= 15 is 0 Å². The molecule has 2 aromatic rings. The molecule has 1 aliphatic heterocycles. The number of nitro groups is 1. The fourth-order valence-electron chi connectivity index (χ4n) is 3.03. The molecule has 1 aliphatic rings. The molecule has 0 spiro atoms. The Kier molecular flexibility index (Phi) is 5.03. The summed E-state index contributed by atoms with van der Waals surface area (Å²) < 4.78 is 32.3. The second-order valence-electron chi connectivity index (χ2n) is 6.29. The highest BCUT2D eigenvalue weighted by Gasteiger charge is 2.32. The number of piperazine rings is 1. The minimum Gasteiger partial charge on any atom is -0.469 e. The molecule has 0 unspecified atom stereocenters. The number of carbonyl (C=O) groups excluding carboxylic acids is 1. The maximum atomic E-state index is 12.9. The zero-order valence-corrected chi connectivity index (χ0v) is 15.7. The molecule has 2 heterocycles. The highest BCUT2D eigenvalue weighted by Crippen LogP contribution is 2.26. The van der Waals surface area contributed by atoms with Crippen molar-refractivity contribution in [2.75, 3.05) is 26.2 Å². The van der Waals surface area contributed by atoms with Gasteiger partial charge in [0.05, 0.1) is 21.6 Å². The van der Waals surface area contributed by atoms with Gasteiger partial charge in [-0.1, -0.05) is 6.07 Å². The van der Waals surface area contributed by atoms with Gasteiger partial charge in [-0.15, -0.1) is 0 Å². The Labute approximate surface area is 156 Å². The van der Waals surface area contributed by atoms with Crippen molar-refractivity contribution >= 4 is 21.6 Å². The Balaban J connectivity index is 1.77. The third-order valence-electron chi connectivity index (χ3n) is 4.62. The molecule has 0 atom stereocenters. The van der Waals surface area contributed by atoms with Gasteiger partial charge in [-0.05, 0) is 25.5 Å². The summed E-state index contributed by atoms with van der Waals surface area (Å²) in [5.41, 5.74) is 0.623. The van der Waals surface area contributed by atoms with Crippen LogP contribution in [0, 0.1) is 24.0 Å². The lowest BCUT2D eigenvalue weighted by atomic mass is 10.2. The zero-order valence-electron chi connectivity index (χ0n) is 14.9. The summed E-state index contributed by atoms with van der Waals surface area (Å²) in [5, 5.41) is 11.0. The van der Waals surface area contributed by atoms with Crippen LogP contribution in [0.2, 0.25) is 0 Å². The lowest BCUT2D eigenvalue weighted by molar-refractivity contribution is -0.385. The molecule has 3 rings (SSSR count). The van der Waals surface area contributed by atoms with Crippen molar-refractivity contribution in [3.8, 4) is 0 Å². The number of amides is 1. The van der Waals surface area contributed by atoms with Gasteiger partial charge in [0, 0.05) is 38.3 Å². The van der Waals surface area contributed by atoms with Gasteiger partial charge in [-0.25, -0.2) is 8.42 Å². The lowest BCUT2D eigenvalue weighted by Crippen LogP contribution is -2.50. The molecule has 9 nitrogen and oxygen atoms in total. The minimum atomic E-state index is -3.89. The monoisotopic (exact) mass is 393 g/mol. The van der Waals surface area contributed by atoms with Crippen molar-refractivity contribution in [2.45, 2.75) is 18.7 Å². The first kappa shape index (κ1) is 19.1. The van der Waals surface area contributed by atoms with Gasteiger partial charge in [0.1, 0.15) is 5.76 Å². The van der Waals surface area contributed by atoms with E-state index in [4.69, 9.17) is 4.42 Å². The Morgan fingerprint density at radius 3 is 2.37 bits per heavy atom. The summed E-state index contributed by atoms with van der Waals surface area (Å²) in [6.45, 7) is 3.99. The smallest absolute Gasteiger partial charge is 0.270 e. The van der Waals surface area contributed by atoms with Gasteiger partial charge in [0.15, 0.2) is 0 Å². The molecule has 0 bridgehead atoms. The number of hydrogen-bond acceptors (Lipinski definition) is 6. The van der Waals surface area contributed by atoms with E-state index in [1.54, 1.807) is 24.8 Å². The molecule has 1 amide bonds. The van der Waals surface area contributed by atoms with Crippen LogP contribution < -0.4 is 0 Å². The summed E-state index contributed by atoms with van der Waals surface area (Å²) in [7, 11) is -3.89. The van der Waals surface area contributed by atoms with Crippen LogP contribution in [0.3, 0.4) is 0 Å². The minimum absolute atomic E-state index is 0.0813. The topological polar surface area (TPSA) is 114 Å².